The highest BCUT2D eigenvalue weighted by molar-refractivity contribution is 7.99. The molecular formula is C14H23N3O2S. The van der Waals surface area contributed by atoms with E-state index in [1.54, 1.807) is 0 Å². The summed E-state index contributed by atoms with van der Waals surface area (Å²) >= 11 is 1.25. The average molecular weight is 297 g/mol. The van der Waals surface area contributed by atoms with Crippen LogP contribution in [0.4, 0.5) is 0 Å². The summed E-state index contributed by atoms with van der Waals surface area (Å²) in [5.41, 5.74) is 0. The lowest BCUT2D eigenvalue weighted by molar-refractivity contribution is -0.133. The zero-order valence-electron chi connectivity index (χ0n) is 12.2. The standard InChI is InChI=1S/C14H23N3O2S/c1-10(2)17-12(8-7-11-5-3-4-6-11)15-16-14(17)20-9-13(18)19/h10-11H,3-9H2,1-2H3,(H,18,19). The molecule has 20 heavy (non-hydrogen) atoms. The molecule has 1 fully saturated rings. The minimum absolute atomic E-state index is 0.0352. The van der Waals surface area contributed by atoms with Gasteiger partial charge in [-0.3, -0.25) is 4.79 Å². The van der Waals surface area contributed by atoms with Gasteiger partial charge < -0.3 is 9.67 Å². The van der Waals surface area contributed by atoms with Crippen LogP contribution in [0.15, 0.2) is 5.16 Å². The molecule has 0 amide bonds. The van der Waals surface area contributed by atoms with E-state index in [0.29, 0.717) is 0 Å². The van der Waals surface area contributed by atoms with Crippen LogP contribution in [0.1, 0.15) is 57.8 Å². The molecule has 0 radical (unpaired) electrons. The van der Waals surface area contributed by atoms with E-state index >= 15 is 0 Å². The first-order chi connectivity index (χ1) is 9.58. The average Bonchev–Trinajstić information content (AvgIpc) is 3.03. The third-order valence-electron chi connectivity index (χ3n) is 3.83. The summed E-state index contributed by atoms with van der Waals surface area (Å²) in [6, 6.07) is 0.264. The maximum atomic E-state index is 10.7. The van der Waals surface area contributed by atoms with Crippen molar-refractivity contribution in [3.05, 3.63) is 5.82 Å². The summed E-state index contributed by atoms with van der Waals surface area (Å²) in [7, 11) is 0. The maximum Gasteiger partial charge on any atom is 0.313 e. The number of carboxylic acids is 1. The number of thioether (sulfide) groups is 1. The predicted molar refractivity (Wildman–Crippen MR) is 79.0 cm³/mol. The smallest absolute Gasteiger partial charge is 0.313 e. The Morgan fingerprint density at radius 3 is 2.70 bits per heavy atom. The molecule has 0 atom stereocenters. The first kappa shape index (κ1) is 15.4. The first-order valence-corrected chi connectivity index (χ1v) is 8.35. The van der Waals surface area contributed by atoms with Crippen LogP contribution in [-0.4, -0.2) is 31.6 Å². The van der Waals surface area contributed by atoms with Crippen LogP contribution in [0, 0.1) is 5.92 Å². The fourth-order valence-electron chi connectivity index (χ4n) is 2.85. The second-order valence-corrected chi connectivity index (χ2v) is 6.68. The van der Waals surface area contributed by atoms with Crippen molar-refractivity contribution in [2.45, 2.75) is 63.6 Å². The van der Waals surface area contributed by atoms with Crippen LogP contribution in [0.3, 0.4) is 0 Å². The lowest BCUT2D eigenvalue weighted by Gasteiger charge is -2.14. The number of carboxylic acid groups (broad SMARTS) is 1. The van der Waals surface area contributed by atoms with Crippen molar-refractivity contribution < 1.29 is 9.90 Å². The topological polar surface area (TPSA) is 68.0 Å². The molecule has 2 rings (SSSR count). The van der Waals surface area contributed by atoms with Crippen molar-refractivity contribution in [1.29, 1.82) is 0 Å². The van der Waals surface area contributed by atoms with E-state index in [-0.39, 0.29) is 11.8 Å². The van der Waals surface area contributed by atoms with Gasteiger partial charge in [0.05, 0.1) is 5.75 Å². The molecule has 1 aliphatic carbocycles. The number of aliphatic carboxylic acids is 1. The first-order valence-electron chi connectivity index (χ1n) is 7.36. The highest BCUT2D eigenvalue weighted by Crippen LogP contribution is 2.29. The van der Waals surface area contributed by atoms with E-state index in [1.807, 2.05) is 0 Å². The zero-order valence-corrected chi connectivity index (χ0v) is 13.0. The van der Waals surface area contributed by atoms with Crippen LogP contribution >= 0.6 is 11.8 Å². The van der Waals surface area contributed by atoms with Crippen molar-refractivity contribution in [2.75, 3.05) is 5.75 Å². The van der Waals surface area contributed by atoms with E-state index in [1.165, 1.54) is 43.9 Å². The Hall–Kier alpha value is -1.04. The van der Waals surface area contributed by atoms with Gasteiger partial charge in [0.15, 0.2) is 5.16 Å². The molecule has 1 saturated carbocycles. The van der Waals surface area contributed by atoms with Crippen molar-refractivity contribution in [3.63, 3.8) is 0 Å². The Morgan fingerprint density at radius 2 is 2.10 bits per heavy atom. The number of carbonyl (C=O) groups is 1. The number of hydrogen-bond acceptors (Lipinski definition) is 4. The molecule has 6 heteroatoms. The maximum absolute atomic E-state index is 10.7. The molecule has 1 aromatic heterocycles. The Balaban J connectivity index is 2.01. The second-order valence-electron chi connectivity index (χ2n) is 5.73. The van der Waals surface area contributed by atoms with Gasteiger partial charge in [0.1, 0.15) is 5.82 Å². The Kier molecular flexibility index (Phi) is 5.46. The minimum atomic E-state index is -0.819. The normalized spacial score (nSPS) is 16.1. The van der Waals surface area contributed by atoms with Gasteiger partial charge in [0.25, 0.3) is 0 Å². The van der Waals surface area contributed by atoms with Crippen molar-refractivity contribution in [1.82, 2.24) is 14.8 Å². The third kappa shape index (κ3) is 3.98. The minimum Gasteiger partial charge on any atom is -0.481 e. The van der Waals surface area contributed by atoms with E-state index < -0.39 is 5.97 Å². The summed E-state index contributed by atoms with van der Waals surface area (Å²) < 4.78 is 2.09. The summed E-state index contributed by atoms with van der Waals surface area (Å²) in [5, 5.41) is 17.9. The number of aryl methyl sites for hydroxylation is 1. The lowest BCUT2D eigenvalue weighted by atomic mass is 10.0. The van der Waals surface area contributed by atoms with Crippen LogP contribution in [0.2, 0.25) is 0 Å². The van der Waals surface area contributed by atoms with Gasteiger partial charge in [-0.15, -0.1) is 10.2 Å². The molecule has 1 heterocycles. The molecule has 0 aromatic carbocycles. The van der Waals surface area contributed by atoms with Gasteiger partial charge in [-0.05, 0) is 26.2 Å². The van der Waals surface area contributed by atoms with Crippen LogP contribution in [-0.2, 0) is 11.2 Å². The molecule has 1 aliphatic rings. The van der Waals surface area contributed by atoms with E-state index in [2.05, 4.69) is 28.6 Å². The molecule has 0 aliphatic heterocycles. The van der Waals surface area contributed by atoms with Gasteiger partial charge in [-0.1, -0.05) is 37.4 Å². The number of aromatic nitrogens is 3. The molecule has 112 valence electrons. The highest BCUT2D eigenvalue weighted by Gasteiger charge is 2.19. The van der Waals surface area contributed by atoms with E-state index in [4.69, 9.17) is 5.11 Å². The number of hydrogen-bond donors (Lipinski definition) is 1. The quantitative estimate of drug-likeness (QED) is 0.783. The summed E-state index contributed by atoms with van der Waals surface area (Å²) in [6.07, 6.45) is 7.54. The number of rotatable bonds is 7. The Labute approximate surface area is 124 Å². The van der Waals surface area contributed by atoms with Crippen LogP contribution < -0.4 is 0 Å². The molecule has 1 aromatic rings. The molecule has 0 spiro atoms. The summed E-state index contributed by atoms with van der Waals surface area (Å²) in [6.45, 7) is 4.18. The van der Waals surface area contributed by atoms with Crippen molar-refractivity contribution >= 4 is 17.7 Å². The largest absolute Gasteiger partial charge is 0.481 e. The van der Waals surface area contributed by atoms with Gasteiger partial charge >= 0.3 is 5.97 Å². The SMILES string of the molecule is CC(C)n1c(CCC2CCCC2)nnc1SCC(=O)O. The summed E-state index contributed by atoms with van der Waals surface area (Å²) in [5.74, 6) is 1.05. The van der Waals surface area contributed by atoms with Crippen LogP contribution in [0.5, 0.6) is 0 Å². The highest BCUT2D eigenvalue weighted by atomic mass is 32.2. The van der Waals surface area contributed by atoms with Crippen molar-refractivity contribution in [3.8, 4) is 0 Å². The fraction of sp³-hybridized carbons (Fsp3) is 0.786. The van der Waals surface area contributed by atoms with E-state index in [0.717, 1.165) is 23.3 Å². The summed E-state index contributed by atoms with van der Waals surface area (Å²) in [4.78, 5) is 10.7. The second kappa shape index (κ2) is 7.11. The van der Waals surface area contributed by atoms with E-state index in [9.17, 15) is 4.79 Å². The zero-order chi connectivity index (χ0) is 14.5. The lowest BCUT2D eigenvalue weighted by Crippen LogP contribution is -2.10. The molecule has 5 nitrogen and oxygen atoms in total. The molecule has 0 bridgehead atoms. The fourth-order valence-corrected chi connectivity index (χ4v) is 3.66. The van der Waals surface area contributed by atoms with Crippen molar-refractivity contribution in [2.24, 2.45) is 5.92 Å². The monoisotopic (exact) mass is 297 g/mol. The third-order valence-corrected chi connectivity index (χ3v) is 4.76. The predicted octanol–water partition coefficient (Wildman–Crippen LogP) is 3.16. The molecule has 0 saturated heterocycles. The van der Waals surface area contributed by atoms with Gasteiger partial charge in [0, 0.05) is 12.5 Å². The Morgan fingerprint density at radius 1 is 1.40 bits per heavy atom. The molecule has 0 unspecified atom stereocenters. The Bertz CT molecular complexity index is 453. The number of nitrogens with zero attached hydrogens (tertiary/aromatic N) is 3. The molecular weight excluding hydrogens is 274 g/mol. The van der Waals surface area contributed by atoms with Gasteiger partial charge in [-0.2, -0.15) is 0 Å². The van der Waals surface area contributed by atoms with Crippen LogP contribution in [0.25, 0.3) is 0 Å². The van der Waals surface area contributed by atoms with Gasteiger partial charge in [0.2, 0.25) is 0 Å². The van der Waals surface area contributed by atoms with Gasteiger partial charge in [-0.25, -0.2) is 0 Å². The molecule has 1 N–H and O–H groups in total.